The Morgan fingerprint density at radius 3 is 2.36 bits per heavy atom. The quantitative estimate of drug-likeness (QED) is 0.620. The number of rotatable bonds is 4. The van der Waals surface area contributed by atoms with E-state index < -0.39 is 23.6 Å². The maximum absolute atomic E-state index is 13.2. The molecule has 0 atom stereocenters. The van der Waals surface area contributed by atoms with E-state index in [0.29, 0.717) is 24.0 Å². The smallest absolute Gasteiger partial charge is 0.352 e. The van der Waals surface area contributed by atoms with Gasteiger partial charge in [-0.1, -0.05) is 12.1 Å². The Morgan fingerprint density at radius 1 is 1.03 bits per heavy atom. The van der Waals surface area contributed by atoms with E-state index in [1.54, 1.807) is 6.07 Å². The first-order valence-electron chi connectivity index (χ1n) is 10.00. The molecule has 0 radical (unpaired) electrons. The van der Waals surface area contributed by atoms with Gasteiger partial charge in [-0.05, 0) is 31.2 Å². The molecule has 172 valence electrons. The third kappa shape index (κ3) is 5.11. The molecule has 1 fully saturated rings. The number of thiazole rings is 1. The lowest BCUT2D eigenvalue weighted by molar-refractivity contribution is -0.138. The topological polar surface area (TPSA) is 91.3 Å². The lowest BCUT2D eigenvalue weighted by Crippen LogP contribution is -2.49. The third-order valence-electron chi connectivity index (χ3n) is 5.08. The zero-order valence-electron chi connectivity index (χ0n) is 17.5. The van der Waals surface area contributed by atoms with Gasteiger partial charge in [0.1, 0.15) is 0 Å². The van der Waals surface area contributed by atoms with Crippen LogP contribution >= 0.6 is 11.3 Å². The molecule has 8 nitrogen and oxygen atoms in total. The van der Waals surface area contributed by atoms with Crippen LogP contribution in [0.25, 0.3) is 0 Å². The molecule has 1 aliphatic heterocycles. The number of anilines is 2. The first-order chi connectivity index (χ1) is 15.7. The second-order valence-electron chi connectivity index (χ2n) is 7.35. The molecule has 0 saturated carbocycles. The highest BCUT2D eigenvalue weighted by Crippen LogP contribution is 2.32. The number of amides is 2. The molecular formula is C21H19F3N6O2S. The predicted molar refractivity (Wildman–Crippen MR) is 116 cm³/mol. The fraction of sp³-hybridized carbons (Fsp3) is 0.286. The minimum atomic E-state index is -4.60. The van der Waals surface area contributed by atoms with Gasteiger partial charge in [-0.3, -0.25) is 14.9 Å². The van der Waals surface area contributed by atoms with Crippen LogP contribution in [0.3, 0.4) is 0 Å². The number of nitrogens with zero attached hydrogens (tertiary/aromatic N) is 5. The Hall–Kier alpha value is -3.54. The molecule has 2 aromatic heterocycles. The van der Waals surface area contributed by atoms with Crippen LogP contribution in [-0.4, -0.2) is 58.1 Å². The van der Waals surface area contributed by atoms with Gasteiger partial charge in [-0.25, -0.2) is 4.98 Å². The van der Waals surface area contributed by atoms with E-state index in [1.807, 2.05) is 17.2 Å². The largest absolute Gasteiger partial charge is 0.417 e. The van der Waals surface area contributed by atoms with Crippen LogP contribution in [0.1, 0.15) is 32.1 Å². The molecule has 2 amide bonds. The number of carbonyl (C=O) groups is 2. The molecule has 0 bridgehead atoms. The second kappa shape index (κ2) is 9.14. The molecular weight excluding hydrogens is 457 g/mol. The fourth-order valence-corrected chi connectivity index (χ4v) is 4.10. The number of hydrogen-bond acceptors (Lipinski definition) is 7. The zero-order chi connectivity index (χ0) is 23.6. The van der Waals surface area contributed by atoms with Gasteiger partial charge in [-0.15, -0.1) is 21.5 Å². The van der Waals surface area contributed by atoms with Crippen molar-refractivity contribution in [3.8, 4) is 0 Å². The molecule has 0 spiro atoms. The van der Waals surface area contributed by atoms with Crippen LogP contribution in [0.5, 0.6) is 0 Å². The highest BCUT2D eigenvalue weighted by Gasteiger charge is 2.36. The monoisotopic (exact) mass is 476 g/mol. The molecule has 1 N–H and O–H groups in total. The van der Waals surface area contributed by atoms with Crippen molar-refractivity contribution < 1.29 is 22.8 Å². The van der Waals surface area contributed by atoms with Crippen molar-refractivity contribution in [1.29, 1.82) is 0 Å². The number of benzene rings is 1. The number of hydrogen-bond donors (Lipinski definition) is 1. The summed E-state index contributed by atoms with van der Waals surface area (Å²) in [6.07, 6.45) is -4.60. The number of aromatic nitrogens is 3. The SMILES string of the molecule is Cc1csc(NC(=O)c2ccc(N3CCN(C(=O)c4ccccc4C(F)(F)F)CC3)nn2)n1. The summed E-state index contributed by atoms with van der Waals surface area (Å²) in [5.74, 6) is -0.570. The summed E-state index contributed by atoms with van der Waals surface area (Å²) in [4.78, 5) is 32.4. The van der Waals surface area contributed by atoms with Crippen LogP contribution in [0.4, 0.5) is 24.1 Å². The normalized spacial score (nSPS) is 14.3. The van der Waals surface area contributed by atoms with Gasteiger partial charge in [0.05, 0.1) is 16.8 Å². The molecule has 0 aliphatic carbocycles. The van der Waals surface area contributed by atoms with Crippen LogP contribution in [0.15, 0.2) is 41.8 Å². The minimum Gasteiger partial charge on any atom is -0.352 e. The van der Waals surface area contributed by atoms with E-state index in [9.17, 15) is 22.8 Å². The summed E-state index contributed by atoms with van der Waals surface area (Å²) in [7, 11) is 0. The van der Waals surface area contributed by atoms with E-state index in [-0.39, 0.29) is 24.3 Å². The number of piperazine rings is 1. The Labute approximate surface area is 191 Å². The third-order valence-corrected chi connectivity index (χ3v) is 5.95. The number of halogens is 3. The van der Waals surface area contributed by atoms with Crippen molar-refractivity contribution >= 4 is 34.1 Å². The summed E-state index contributed by atoms with van der Waals surface area (Å²) in [6.45, 7) is 3.04. The van der Waals surface area contributed by atoms with E-state index >= 15 is 0 Å². The number of nitrogens with one attached hydrogen (secondary N) is 1. The maximum atomic E-state index is 13.2. The Kier molecular flexibility index (Phi) is 6.27. The summed E-state index contributed by atoms with van der Waals surface area (Å²) in [6, 6.07) is 7.97. The van der Waals surface area contributed by atoms with Gasteiger partial charge in [0, 0.05) is 31.6 Å². The molecule has 1 saturated heterocycles. The van der Waals surface area contributed by atoms with Crippen LogP contribution in [-0.2, 0) is 6.18 Å². The summed E-state index contributed by atoms with van der Waals surface area (Å²) in [5, 5.41) is 13.0. The number of alkyl halides is 3. The van der Waals surface area contributed by atoms with Gasteiger partial charge in [0.25, 0.3) is 11.8 Å². The van der Waals surface area contributed by atoms with E-state index in [4.69, 9.17) is 0 Å². The first kappa shape index (κ1) is 22.6. The predicted octanol–water partition coefficient (Wildman–Crippen LogP) is 3.48. The maximum Gasteiger partial charge on any atom is 0.417 e. The van der Waals surface area contributed by atoms with Crippen molar-refractivity contribution in [1.82, 2.24) is 20.1 Å². The van der Waals surface area contributed by atoms with Crippen molar-refractivity contribution in [2.75, 3.05) is 36.4 Å². The molecule has 0 unspecified atom stereocenters. The highest BCUT2D eigenvalue weighted by molar-refractivity contribution is 7.13. The Morgan fingerprint density at radius 2 is 1.76 bits per heavy atom. The fourth-order valence-electron chi connectivity index (χ4n) is 3.41. The van der Waals surface area contributed by atoms with Crippen LogP contribution in [0.2, 0.25) is 0 Å². The van der Waals surface area contributed by atoms with Gasteiger partial charge < -0.3 is 9.80 Å². The van der Waals surface area contributed by atoms with Crippen molar-refractivity contribution in [2.24, 2.45) is 0 Å². The lowest BCUT2D eigenvalue weighted by Gasteiger charge is -2.35. The molecule has 12 heteroatoms. The summed E-state index contributed by atoms with van der Waals surface area (Å²) >= 11 is 1.31. The van der Waals surface area contributed by atoms with E-state index in [2.05, 4.69) is 20.5 Å². The average Bonchev–Trinajstić information content (AvgIpc) is 3.22. The second-order valence-corrected chi connectivity index (χ2v) is 8.21. The molecule has 1 aliphatic rings. The minimum absolute atomic E-state index is 0.129. The van der Waals surface area contributed by atoms with Gasteiger partial charge in [-0.2, -0.15) is 13.2 Å². The van der Waals surface area contributed by atoms with Crippen molar-refractivity contribution in [3.63, 3.8) is 0 Å². The molecule has 3 heterocycles. The zero-order valence-corrected chi connectivity index (χ0v) is 18.3. The summed E-state index contributed by atoms with van der Waals surface area (Å²) in [5.41, 5.74) is -0.366. The van der Waals surface area contributed by atoms with Crippen LogP contribution < -0.4 is 10.2 Å². The molecule has 33 heavy (non-hydrogen) atoms. The number of carbonyl (C=O) groups excluding carboxylic acids is 2. The van der Waals surface area contributed by atoms with Crippen molar-refractivity contribution in [2.45, 2.75) is 13.1 Å². The summed E-state index contributed by atoms with van der Waals surface area (Å²) < 4.78 is 39.7. The molecule has 4 rings (SSSR count). The molecule has 1 aromatic carbocycles. The first-order valence-corrected chi connectivity index (χ1v) is 10.9. The van der Waals surface area contributed by atoms with E-state index in [1.165, 1.54) is 40.5 Å². The van der Waals surface area contributed by atoms with Crippen molar-refractivity contribution in [3.05, 3.63) is 64.3 Å². The Balaban J connectivity index is 1.37. The number of aryl methyl sites for hydroxylation is 1. The standard InChI is InChI=1S/C21H19F3N6O2S/c1-13-12-33-20(25-13)26-18(31)16-6-7-17(28-27-16)29-8-10-30(11-9-29)19(32)14-4-2-3-5-15(14)21(22,23)24/h2-7,12H,8-11H2,1H3,(H,25,26,31). The van der Waals surface area contributed by atoms with Crippen LogP contribution in [0, 0.1) is 6.92 Å². The van der Waals surface area contributed by atoms with Gasteiger partial charge in [0.15, 0.2) is 16.6 Å². The van der Waals surface area contributed by atoms with E-state index in [0.717, 1.165) is 11.8 Å². The van der Waals surface area contributed by atoms with Gasteiger partial charge in [0.2, 0.25) is 0 Å². The van der Waals surface area contributed by atoms with Gasteiger partial charge >= 0.3 is 6.18 Å². The average molecular weight is 476 g/mol. The molecule has 3 aromatic rings. The highest BCUT2D eigenvalue weighted by atomic mass is 32.1. The Bertz CT molecular complexity index is 1160. The lowest BCUT2D eigenvalue weighted by atomic mass is 10.1.